The fourth-order valence-electron chi connectivity index (χ4n) is 2.67. The SMILES string of the molecule is C[C@@H](CCc1ccccc1)NC(=O)N(C)Cc1ccc(N(C)C)cc1. The molecular formula is C21H29N3O. The lowest BCUT2D eigenvalue weighted by molar-refractivity contribution is 0.203. The number of nitrogens with zero attached hydrogens (tertiary/aromatic N) is 2. The number of nitrogens with one attached hydrogen (secondary N) is 1. The molecule has 0 unspecified atom stereocenters. The topological polar surface area (TPSA) is 35.6 Å². The molecule has 134 valence electrons. The lowest BCUT2D eigenvalue weighted by Crippen LogP contribution is -2.41. The predicted octanol–water partition coefficient (Wildman–Crippen LogP) is 3.92. The molecule has 1 atom stereocenters. The first-order chi connectivity index (χ1) is 12.0. The summed E-state index contributed by atoms with van der Waals surface area (Å²) in [7, 11) is 5.87. The molecule has 0 bridgehead atoms. The minimum absolute atomic E-state index is 0.0303. The van der Waals surface area contributed by atoms with Crippen LogP contribution in [0.3, 0.4) is 0 Å². The van der Waals surface area contributed by atoms with Crippen LogP contribution in [0.2, 0.25) is 0 Å². The highest BCUT2D eigenvalue weighted by molar-refractivity contribution is 5.74. The van der Waals surface area contributed by atoms with Gasteiger partial charge >= 0.3 is 6.03 Å². The Hall–Kier alpha value is -2.49. The van der Waals surface area contributed by atoms with Gasteiger partial charge < -0.3 is 15.1 Å². The van der Waals surface area contributed by atoms with Gasteiger partial charge in [0, 0.05) is 39.4 Å². The molecule has 0 radical (unpaired) electrons. The Morgan fingerprint density at radius 2 is 1.60 bits per heavy atom. The summed E-state index contributed by atoms with van der Waals surface area (Å²) in [5.41, 5.74) is 3.59. The molecule has 0 spiro atoms. The van der Waals surface area contributed by atoms with Crippen LogP contribution < -0.4 is 10.2 Å². The van der Waals surface area contributed by atoms with E-state index in [9.17, 15) is 4.79 Å². The molecule has 0 fully saturated rings. The summed E-state index contributed by atoms with van der Waals surface area (Å²) < 4.78 is 0. The Morgan fingerprint density at radius 3 is 2.20 bits per heavy atom. The number of aryl methyl sites for hydroxylation is 1. The van der Waals surface area contributed by atoms with E-state index in [1.807, 2.05) is 39.3 Å². The Morgan fingerprint density at radius 1 is 0.960 bits per heavy atom. The van der Waals surface area contributed by atoms with E-state index in [2.05, 4.69) is 53.5 Å². The average molecular weight is 339 g/mol. The van der Waals surface area contributed by atoms with Gasteiger partial charge in [0.1, 0.15) is 0 Å². The number of anilines is 1. The predicted molar refractivity (Wildman–Crippen MR) is 105 cm³/mol. The summed E-state index contributed by atoms with van der Waals surface area (Å²) in [6, 6.07) is 18.8. The van der Waals surface area contributed by atoms with Gasteiger partial charge in [0.05, 0.1) is 0 Å². The van der Waals surface area contributed by atoms with Crippen molar-refractivity contribution in [2.45, 2.75) is 32.4 Å². The molecule has 4 heteroatoms. The van der Waals surface area contributed by atoms with E-state index in [0.717, 1.165) is 24.1 Å². The molecule has 2 aromatic carbocycles. The summed E-state index contributed by atoms with van der Waals surface area (Å²) in [4.78, 5) is 16.1. The van der Waals surface area contributed by atoms with Crippen molar-refractivity contribution in [3.05, 3.63) is 65.7 Å². The van der Waals surface area contributed by atoms with Crippen LogP contribution >= 0.6 is 0 Å². The number of amides is 2. The first-order valence-corrected chi connectivity index (χ1v) is 8.77. The highest BCUT2D eigenvalue weighted by Gasteiger charge is 2.12. The summed E-state index contributed by atoms with van der Waals surface area (Å²) in [6.07, 6.45) is 1.90. The molecule has 0 aliphatic rings. The van der Waals surface area contributed by atoms with Gasteiger partial charge in [-0.1, -0.05) is 42.5 Å². The van der Waals surface area contributed by atoms with Crippen molar-refractivity contribution in [1.82, 2.24) is 10.2 Å². The van der Waals surface area contributed by atoms with E-state index in [0.29, 0.717) is 6.54 Å². The molecule has 0 saturated carbocycles. The first-order valence-electron chi connectivity index (χ1n) is 8.77. The van der Waals surface area contributed by atoms with Crippen molar-refractivity contribution < 1.29 is 4.79 Å². The second kappa shape index (κ2) is 9.11. The molecule has 0 saturated heterocycles. The molecule has 0 aliphatic carbocycles. The van der Waals surface area contributed by atoms with Crippen molar-refractivity contribution >= 4 is 11.7 Å². The number of urea groups is 1. The Balaban J connectivity index is 1.79. The largest absolute Gasteiger partial charge is 0.378 e. The van der Waals surface area contributed by atoms with Crippen LogP contribution in [0.25, 0.3) is 0 Å². The van der Waals surface area contributed by atoms with Crippen LogP contribution in [0.15, 0.2) is 54.6 Å². The third kappa shape index (κ3) is 6.14. The highest BCUT2D eigenvalue weighted by atomic mass is 16.2. The highest BCUT2D eigenvalue weighted by Crippen LogP contribution is 2.13. The molecule has 4 nitrogen and oxygen atoms in total. The summed E-state index contributed by atoms with van der Waals surface area (Å²) in [6.45, 7) is 2.66. The second-order valence-corrected chi connectivity index (χ2v) is 6.79. The Kier molecular flexibility index (Phi) is 6.87. The maximum atomic E-state index is 12.4. The number of rotatable bonds is 7. The van der Waals surface area contributed by atoms with Crippen molar-refractivity contribution in [1.29, 1.82) is 0 Å². The zero-order chi connectivity index (χ0) is 18.2. The van der Waals surface area contributed by atoms with Gasteiger partial charge in [-0.25, -0.2) is 4.79 Å². The number of hydrogen-bond donors (Lipinski definition) is 1. The zero-order valence-corrected chi connectivity index (χ0v) is 15.7. The van der Waals surface area contributed by atoms with E-state index in [-0.39, 0.29) is 12.1 Å². The zero-order valence-electron chi connectivity index (χ0n) is 15.7. The minimum atomic E-state index is -0.0303. The van der Waals surface area contributed by atoms with E-state index < -0.39 is 0 Å². The standard InChI is InChI=1S/C21H29N3O/c1-17(10-11-18-8-6-5-7-9-18)22-21(25)24(4)16-19-12-14-20(15-13-19)23(2)3/h5-9,12-15,17H,10-11,16H2,1-4H3,(H,22,25)/t17-/m0/s1. The van der Waals surface area contributed by atoms with Crippen LogP contribution in [-0.4, -0.2) is 38.1 Å². The van der Waals surface area contributed by atoms with Crippen LogP contribution in [-0.2, 0) is 13.0 Å². The lowest BCUT2D eigenvalue weighted by atomic mass is 10.1. The van der Waals surface area contributed by atoms with Crippen molar-refractivity contribution in [3.63, 3.8) is 0 Å². The molecule has 2 rings (SSSR count). The minimum Gasteiger partial charge on any atom is -0.378 e. The molecular weight excluding hydrogens is 310 g/mol. The maximum Gasteiger partial charge on any atom is 0.317 e. The number of hydrogen-bond acceptors (Lipinski definition) is 2. The van der Waals surface area contributed by atoms with Crippen LogP contribution in [0, 0.1) is 0 Å². The van der Waals surface area contributed by atoms with Crippen LogP contribution in [0.1, 0.15) is 24.5 Å². The third-order valence-electron chi connectivity index (χ3n) is 4.30. The smallest absolute Gasteiger partial charge is 0.317 e. The quantitative estimate of drug-likeness (QED) is 0.830. The van der Waals surface area contributed by atoms with Gasteiger partial charge in [-0.3, -0.25) is 0 Å². The lowest BCUT2D eigenvalue weighted by Gasteiger charge is -2.22. The summed E-state index contributed by atoms with van der Waals surface area (Å²) in [5, 5.41) is 3.08. The molecule has 0 aromatic heterocycles. The van der Waals surface area contributed by atoms with E-state index in [1.54, 1.807) is 4.90 Å². The number of carbonyl (C=O) groups excluding carboxylic acids is 1. The van der Waals surface area contributed by atoms with Crippen LogP contribution in [0.5, 0.6) is 0 Å². The van der Waals surface area contributed by atoms with Gasteiger partial charge in [-0.15, -0.1) is 0 Å². The van der Waals surface area contributed by atoms with E-state index in [4.69, 9.17) is 0 Å². The van der Waals surface area contributed by atoms with Crippen molar-refractivity contribution in [3.8, 4) is 0 Å². The molecule has 1 N–H and O–H groups in total. The van der Waals surface area contributed by atoms with E-state index >= 15 is 0 Å². The molecule has 25 heavy (non-hydrogen) atoms. The normalized spacial score (nSPS) is 11.7. The van der Waals surface area contributed by atoms with Gasteiger partial charge in [0.2, 0.25) is 0 Å². The van der Waals surface area contributed by atoms with Crippen LogP contribution in [0.4, 0.5) is 10.5 Å². The molecule has 2 aromatic rings. The monoisotopic (exact) mass is 339 g/mol. The fourth-order valence-corrected chi connectivity index (χ4v) is 2.67. The Bertz CT molecular complexity index is 653. The van der Waals surface area contributed by atoms with Gasteiger partial charge in [-0.05, 0) is 43.0 Å². The van der Waals surface area contributed by atoms with Gasteiger partial charge in [0.15, 0.2) is 0 Å². The first kappa shape index (κ1) is 18.8. The average Bonchev–Trinajstić information content (AvgIpc) is 2.61. The fraction of sp³-hybridized carbons (Fsp3) is 0.381. The van der Waals surface area contributed by atoms with E-state index in [1.165, 1.54) is 5.56 Å². The number of carbonyl (C=O) groups is 1. The van der Waals surface area contributed by atoms with Gasteiger partial charge in [-0.2, -0.15) is 0 Å². The molecule has 2 amide bonds. The maximum absolute atomic E-state index is 12.4. The second-order valence-electron chi connectivity index (χ2n) is 6.79. The van der Waals surface area contributed by atoms with Gasteiger partial charge in [0.25, 0.3) is 0 Å². The third-order valence-corrected chi connectivity index (χ3v) is 4.30. The number of benzene rings is 2. The Labute approximate surface area is 151 Å². The molecule has 0 heterocycles. The summed E-state index contributed by atoms with van der Waals surface area (Å²) >= 11 is 0. The molecule has 0 aliphatic heterocycles. The van der Waals surface area contributed by atoms with Crippen molar-refractivity contribution in [2.75, 3.05) is 26.0 Å². The van der Waals surface area contributed by atoms with Crippen molar-refractivity contribution in [2.24, 2.45) is 0 Å². The summed E-state index contributed by atoms with van der Waals surface area (Å²) in [5.74, 6) is 0.